The van der Waals surface area contributed by atoms with Crippen molar-refractivity contribution in [1.29, 1.82) is 0 Å². The molecule has 0 aromatic carbocycles. The Balaban J connectivity index is 3.21. The maximum atomic E-state index is 12.5. The molecule has 0 aromatic rings. The number of hydrogen-bond donors (Lipinski definition) is 0. The Bertz CT molecular complexity index is 101. The van der Waals surface area contributed by atoms with Gasteiger partial charge >= 0.3 is 0 Å². The third kappa shape index (κ3) is 4.48. The van der Waals surface area contributed by atoms with Crippen LogP contribution in [0.5, 0.6) is 0 Å². The lowest BCUT2D eigenvalue weighted by Gasteiger charge is -2.01. The van der Waals surface area contributed by atoms with Crippen molar-refractivity contribution < 1.29 is 9.18 Å². The van der Waals surface area contributed by atoms with Crippen LogP contribution >= 0.6 is 0 Å². The molecule has 0 spiro atoms. The molecule has 0 aliphatic heterocycles. The number of alkyl halides is 1. The number of Topliss-reactive ketones (excluding diaryl/α,β-unsaturated/α-hetero) is 1. The van der Waals surface area contributed by atoms with Gasteiger partial charge in [-0.3, -0.25) is 4.79 Å². The van der Waals surface area contributed by atoms with E-state index >= 15 is 0 Å². The lowest BCUT2D eigenvalue weighted by atomic mass is 10.1. The number of rotatable bonds is 5. The van der Waals surface area contributed by atoms with E-state index in [1.807, 2.05) is 0 Å². The van der Waals surface area contributed by atoms with E-state index in [1.54, 1.807) is 0 Å². The smallest absolute Gasteiger partial charge is 0.163 e. The van der Waals surface area contributed by atoms with Crippen LogP contribution in [0.4, 0.5) is 4.39 Å². The van der Waals surface area contributed by atoms with Gasteiger partial charge < -0.3 is 0 Å². The van der Waals surface area contributed by atoms with Crippen molar-refractivity contribution in [2.24, 2.45) is 0 Å². The highest BCUT2D eigenvalue weighted by Gasteiger charge is 2.09. The molecule has 10 heavy (non-hydrogen) atoms. The first-order valence-electron chi connectivity index (χ1n) is 3.83. The number of halogens is 1. The Morgan fingerprint density at radius 1 is 1.50 bits per heavy atom. The lowest BCUT2D eigenvalue weighted by Crippen LogP contribution is -2.10. The molecule has 0 amide bonds. The van der Waals surface area contributed by atoms with E-state index < -0.39 is 6.17 Å². The Hall–Kier alpha value is -0.400. The molecule has 60 valence electrons. The van der Waals surface area contributed by atoms with Crippen LogP contribution in [0.1, 0.15) is 39.5 Å². The van der Waals surface area contributed by atoms with Gasteiger partial charge in [-0.1, -0.05) is 26.2 Å². The summed E-state index contributed by atoms with van der Waals surface area (Å²) in [6.07, 6.45) is 2.12. The third-order valence-electron chi connectivity index (χ3n) is 1.50. The molecule has 2 heteroatoms. The van der Waals surface area contributed by atoms with Crippen LogP contribution in [0, 0.1) is 0 Å². The van der Waals surface area contributed by atoms with E-state index in [2.05, 4.69) is 6.92 Å². The van der Waals surface area contributed by atoms with Crippen molar-refractivity contribution >= 4 is 5.78 Å². The topological polar surface area (TPSA) is 17.1 Å². The third-order valence-corrected chi connectivity index (χ3v) is 1.50. The van der Waals surface area contributed by atoms with Gasteiger partial charge in [-0.05, 0) is 13.3 Å². The highest BCUT2D eigenvalue weighted by atomic mass is 19.1. The quantitative estimate of drug-likeness (QED) is 0.544. The van der Waals surface area contributed by atoms with Crippen molar-refractivity contribution in [3.8, 4) is 0 Å². The highest BCUT2D eigenvalue weighted by Crippen LogP contribution is 2.06. The van der Waals surface area contributed by atoms with E-state index in [9.17, 15) is 9.18 Å². The zero-order valence-corrected chi connectivity index (χ0v) is 6.69. The van der Waals surface area contributed by atoms with Gasteiger partial charge in [-0.15, -0.1) is 0 Å². The predicted octanol–water partition coefficient (Wildman–Crippen LogP) is 2.49. The minimum absolute atomic E-state index is 0.337. The Morgan fingerprint density at radius 2 is 2.10 bits per heavy atom. The molecule has 1 atom stereocenters. The van der Waals surface area contributed by atoms with Crippen molar-refractivity contribution in [2.45, 2.75) is 45.7 Å². The van der Waals surface area contributed by atoms with Crippen LogP contribution < -0.4 is 0 Å². The number of unbranched alkanes of at least 4 members (excludes halogenated alkanes) is 2. The standard InChI is InChI=1S/C8H15FO/c1-3-4-5-6-8(9)7(2)10/h8H,3-6H2,1-2H3. The average molecular weight is 146 g/mol. The molecule has 0 radical (unpaired) electrons. The molecule has 0 saturated carbocycles. The molecule has 0 aliphatic rings. The van der Waals surface area contributed by atoms with Crippen LogP contribution in [0.15, 0.2) is 0 Å². The second-order valence-electron chi connectivity index (χ2n) is 2.57. The maximum absolute atomic E-state index is 12.5. The summed E-state index contributed by atoms with van der Waals surface area (Å²) < 4.78 is 12.5. The Labute approximate surface area is 61.6 Å². The molecule has 1 nitrogen and oxygen atoms in total. The van der Waals surface area contributed by atoms with E-state index in [4.69, 9.17) is 0 Å². The first-order valence-corrected chi connectivity index (χ1v) is 3.83. The zero-order valence-electron chi connectivity index (χ0n) is 6.69. The summed E-state index contributed by atoms with van der Waals surface area (Å²) in [5, 5.41) is 0. The summed E-state index contributed by atoms with van der Waals surface area (Å²) in [6.45, 7) is 3.36. The molecule has 0 heterocycles. The maximum Gasteiger partial charge on any atom is 0.163 e. The van der Waals surface area contributed by atoms with Gasteiger partial charge in [0, 0.05) is 0 Å². The molecule has 1 unspecified atom stereocenters. The number of carbonyl (C=O) groups is 1. The van der Waals surface area contributed by atoms with Crippen LogP contribution in [-0.4, -0.2) is 12.0 Å². The van der Waals surface area contributed by atoms with Crippen LogP contribution in [0.2, 0.25) is 0 Å². The van der Waals surface area contributed by atoms with Crippen molar-refractivity contribution in [1.82, 2.24) is 0 Å². The van der Waals surface area contributed by atoms with Crippen molar-refractivity contribution in [3.05, 3.63) is 0 Å². The minimum Gasteiger partial charge on any atom is -0.297 e. The fourth-order valence-electron chi connectivity index (χ4n) is 0.777. The zero-order chi connectivity index (χ0) is 7.98. The van der Waals surface area contributed by atoms with E-state index in [-0.39, 0.29) is 5.78 Å². The summed E-state index contributed by atoms with van der Waals surface area (Å²) in [4.78, 5) is 10.4. The summed E-state index contributed by atoms with van der Waals surface area (Å²) in [6, 6.07) is 0. The van der Waals surface area contributed by atoms with Crippen LogP contribution in [-0.2, 0) is 4.79 Å². The molecule has 0 saturated heterocycles. The Kier molecular flexibility index (Phi) is 5.17. The first-order chi connectivity index (χ1) is 4.68. The SMILES string of the molecule is CCCCCC(F)C(C)=O. The largest absolute Gasteiger partial charge is 0.297 e. The molecule has 0 aliphatic carbocycles. The van der Waals surface area contributed by atoms with Gasteiger partial charge in [0.05, 0.1) is 0 Å². The lowest BCUT2D eigenvalue weighted by molar-refractivity contribution is -0.121. The van der Waals surface area contributed by atoms with E-state index in [1.165, 1.54) is 6.92 Å². The number of ketones is 1. The van der Waals surface area contributed by atoms with Gasteiger partial charge in [0.25, 0.3) is 0 Å². The van der Waals surface area contributed by atoms with Gasteiger partial charge in [0.2, 0.25) is 0 Å². The number of carbonyl (C=O) groups excluding carboxylic acids is 1. The molecule has 0 bridgehead atoms. The number of hydrogen-bond acceptors (Lipinski definition) is 1. The van der Waals surface area contributed by atoms with Gasteiger partial charge in [0.1, 0.15) is 0 Å². The molecule has 0 N–H and O–H groups in total. The van der Waals surface area contributed by atoms with Crippen molar-refractivity contribution in [2.75, 3.05) is 0 Å². The summed E-state index contributed by atoms with van der Waals surface area (Å²) in [7, 11) is 0. The average Bonchev–Trinajstić information content (AvgIpc) is 1.88. The Morgan fingerprint density at radius 3 is 2.50 bits per heavy atom. The fraction of sp³-hybridized carbons (Fsp3) is 0.875. The molecular formula is C8H15FO. The summed E-state index contributed by atoms with van der Waals surface area (Å²) in [5.74, 6) is -0.337. The van der Waals surface area contributed by atoms with Crippen LogP contribution in [0.25, 0.3) is 0 Å². The molecule has 0 fully saturated rings. The highest BCUT2D eigenvalue weighted by molar-refractivity contribution is 5.80. The molecule has 0 rings (SSSR count). The van der Waals surface area contributed by atoms with Gasteiger partial charge in [-0.25, -0.2) is 4.39 Å². The second-order valence-corrected chi connectivity index (χ2v) is 2.57. The first kappa shape index (κ1) is 9.60. The monoisotopic (exact) mass is 146 g/mol. The fourth-order valence-corrected chi connectivity index (χ4v) is 0.777. The van der Waals surface area contributed by atoms with Crippen molar-refractivity contribution in [3.63, 3.8) is 0 Å². The molecule has 0 aromatic heterocycles. The van der Waals surface area contributed by atoms with Gasteiger partial charge in [-0.2, -0.15) is 0 Å². The van der Waals surface area contributed by atoms with E-state index in [0.717, 1.165) is 19.3 Å². The molecular weight excluding hydrogens is 131 g/mol. The summed E-state index contributed by atoms with van der Waals surface area (Å²) >= 11 is 0. The predicted molar refractivity (Wildman–Crippen MR) is 39.7 cm³/mol. The summed E-state index contributed by atoms with van der Waals surface area (Å²) in [5.41, 5.74) is 0. The second kappa shape index (κ2) is 5.39. The van der Waals surface area contributed by atoms with E-state index in [0.29, 0.717) is 6.42 Å². The van der Waals surface area contributed by atoms with Crippen LogP contribution in [0.3, 0.4) is 0 Å². The normalized spacial score (nSPS) is 13.1. The minimum atomic E-state index is -1.22. The van der Waals surface area contributed by atoms with Gasteiger partial charge in [0.15, 0.2) is 12.0 Å².